The van der Waals surface area contributed by atoms with E-state index in [0.717, 1.165) is 38.4 Å². The molecule has 0 radical (unpaired) electrons. The fraction of sp³-hybridized carbons (Fsp3) is 0.500. The summed E-state index contributed by atoms with van der Waals surface area (Å²) in [6, 6.07) is 8.68. The summed E-state index contributed by atoms with van der Waals surface area (Å²) >= 11 is 0. The number of aliphatic imine (C=N–C) groups is 1. The molecule has 1 aromatic carbocycles. The zero-order chi connectivity index (χ0) is 18.1. The van der Waals surface area contributed by atoms with Crippen molar-refractivity contribution in [3.05, 3.63) is 53.3 Å². The number of aryl methyl sites for hydroxylation is 3. The molecule has 25 heavy (non-hydrogen) atoms. The topological polar surface area (TPSA) is 54.2 Å². The van der Waals surface area contributed by atoms with Crippen LogP contribution in [0.1, 0.15) is 42.9 Å². The van der Waals surface area contributed by atoms with E-state index in [1.54, 1.807) is 0 Å². The second kappa shape index (κ2) is 9.87. The standard InChI is InChI=1S/C20H31N5/c1-5-21-20(22-11-7-9-18-14-24-25(4)15-18)23-13-17(3)19-10-6-8-16(2)12-19/h6,8,10,12,14-15,17H,5,7,9,11,13H2,1-4H3,(H2,21,22,23). The molecule has 0 saturated heterocycles. The van der Waals surface area contributed by atoms with Crippen LogP contribution in [-0.4, -0.2) is 35.4 Å². The predicted octanol–water partition coefficient (Wildman–Crippen LogP) is 3.02. The Hall–Kier alpha value is -2.30. The van der Waals surface area contributed by atoms with E-state index in [0.29, 0.717) is 5.92 Å². The van der Waals surface area contributed by atoms with E-state index < -0.39 is 0 Å². The van der Waals surface area contributed by atoms with Crippen LogP contribution in [0.3, 0.4) is 0 Å². The van der Waals surface area contributed by atoms with Gasteiger partial charge in [0.25, 0.3) is 0 Å². The van der Waals surface area contributed by atoms with Crippen molar-refractivity contribution in [2.75, 3.05) is 19.6 Å². The van der Waals surface area contributed by atoms with Crippen molar-refractivity contribution in [1.29, 1.82) is 0 Å². The fourth-order valence-corrected chi connectivity index (χ4v) is 2.75. The molecule has 0 amide bonds. The van der Waals surface area contributed by atoms with Crippen LogP contribution in [0.5, 0.6) is 0 Å². The van der Waals surface area contributed by atoms with Crippen molar-refractivity contribution >= 4 is 5.96 Å². The van der Waals surface area contributed by atoms with Crippen LogP contribution >= 0.6 is 0 Å². The van der Waals surface area contributed by atoms with Gasteiger partial charge in [-0.2, -0.15) is 5.10 Å². The highest BCUT2D eigenvalue weighted by molar-refractivity contribution is 5.79. The minimum Gasteiger partial charge on any atom is -0.357 e. The van der Waals surface area contributed by atoms with Crippen molar-refractivity contribution in [3.63, 3.8) is 0 Å². The molecule has 0 spiro atoms. The lowest BCUT2D eigenvalue weighted by Gasteiger charge is -2.14. The van der Waals surface area contributed by atoms with Gasteiger partial charge < -0.3 is 10.6 Å². The molecule has 136 valence electrons. The van der Waals surface area contributed by atoms with E-state index in [1.165, 1.54) is 16.7 Å². The quantitative estimate of drug-likeness (QED) is 0.441. The summed E-state index contributed by atoms with van der Waals surface area (Å²) in [5.74, 6) is 1.30. The molecule has 0 aliphatic carbocycles. The van der Waals surface area contributed by atoms with Crippen LogP contribution in [0, 0.1) is 6.92 Å². The number of hydrogen-bond acceptors (Lipinski definition) is 2. The Kier molecular flexibility index (Phi) is 7.51. The average Bonchev–Trinajstić information content (AvgIpc) is 3.01. The van der Waals surface area contributed by atoms with Gasteiger partial charge in [0.05, 0.1) is 6.20 Å². The number of hydrogen-bond donors (Lipinski definition) is 2. The number of benzene rings is 1. The molecule has 0 saturated carbocycles. The molecule has 1 aromatic heterocycles. The Labute approximate surface area is 151 Å². The predicted molar refractivity (Wildman–Crippen MR) is 105 cm³/mol. The Bertz CT molecular complexity index is 674. The largest absolute Gasteiger partial charge is 0.357 e. The second-order valence-corrected chi connectivity index (χ2v) is 6.59. The summed E-state index contributed by atoms with van der Waals surface area (Å²) in [4.78, 5) is 4.75. The number of nitrogens with one attached hydrogen (secondary N) is 2. The van der Waals surface area contributed by atoms with E-state index in [-0.39, 0.29) is 0 Å². The van der Waals surface area contributed by atoms with Crippen molar-refractivity contribution in [3.8, 4) is 0 Å². The molecule has 5 heteroatoms. The molecule has 1 heterocycles. The van der Waals surface area contributed by atoms with E-state index in [2.05, 4.69) is 67.0 Å². The zero-order valence-electron chi connectivity index (χ0n) is 15.9. The molecule has 2 N–H and O–H groups in total. The van der Waals surface area contributed by atoms with E-state index >= 15 is 0 Å². The molecule has 0 fully saturated rings. The van der Waals surface area contributed by atoms with Gasteiger partial charge in [-0.05, 0) is 37.8 Å². The number of rotatable bonds is 8. The van der Waals surface area contributed by atoms with E-state index in [1.807, 2.05) is 17.9 Å². The Morgan fingerprint density at radius 1 is 1.32 bits per heavy atom. The highest BCUT2D eigenvalue weighted by Crippen LogP contribution is 2.16. The molecule has 0 bridgehead atoms. The molecular formula is C20H31N5. The minimum atomic E-state index is 0.408. The van der Waals surface area contributed by atoms with E-state index in [4.69, 9.17) is 4.99 Å². The van der Waals surface area contributed by atoms with Gasteiger partial charge in [-0.25, -0.2) is 0 Å². The van der Waals surface area contributed by atoms with Crippen LogP contribution in [0.2, 0.25) is 0 Å². The Balaban J connectivity index is 1.80. The first kappa shape index (κ1) is 19.0. The molecule has 2 aromatic rings. The van der Waals surface area contributed by atoms with Gasteiger partial charge in [0.15, 0.2) is 5.96 Å². The summed E-state index contributed by atoms with van der Waals surface area (Å²) in [5, 5.41) is 11.0. The maximum Gasteiger partial charge on any atom is 0.191 e. The first-order valence-corrected chi connectivity index (χ1v) is 9.14. The van der Waals surface area contributed by atoms with Crippen LogP contribution in [-0.2, 0) is 13.5 Å². The third-order valence-corrected chi connectivity index (χ3v) is 4.17. The fourth-order valence-electron chi connectivity index (χ4n) is 2.75. The summed E-state index contributed by atoms with van der Waals surface area (Å²) in [6.07, 6.45) is 6.09. The summed E-state index contributed by atoms with van der Waals surface area (Å²) < 4.78 is 1.85. The third-order valence-electron chi connectivity index (χ3n) is 4.17. The molecule has 0 aliphatic rings. The van der Waals surface area contributed by atoms with Crippen LogP contribution in [0.25, 0.3) is 0 Å². The lowest BCUT2D eigenvalue weighted by molar-refractivity contribution is 0.723. The smallest absolute Gasteiger partial charge is 0.191 e. The molecule has 1 atom stereocenters. The number of guanidine groups is 1. The molecule has 5 nitrogen and oxygen atoms in total. The summed E-state index contributed by atoms with van der Waals surface area (Å²) in [5.41, 5.74) is 3.92. The maximum atomic E-state index is 4.75. The summed E-state index contributed by atoms with van der Waals surface area (Å²) in [7, 11) is 1.95. The van der Waals surface area contributed by atoms with Gasteiger partial charge in [0.1, 0.15) is 0 Å². The van der Waals surface area contributed by atoms with Gasteiger partial charge in [-0.3, -0.25) is 9.67 Å². The van der Waals surface area contributed by atoms with Crippen molar-refractivity contribution in [2.24, 2.45) is 12.0 Å². The van der Waals surface area contributed by atoms with Gasteiger partial charge >= 0.3 is 0 Å². The highest BCUT2D eigenvalue weighted by atomic mass is 15.2. The third kappa shape index (κ3) is 6.61. The molecule has 0 aliphatic heterocycles. The van der Waals surface area contributed by atoms with Gasteiger partial charge in [-0.1, -0.05) is 36.8 Å². The lowest BCUT2D eigenvalue weighted by Crippen LogP contribution is -2.38. The minimum absolute atomic E-state index is 0.408. The monoisotopic (exact) mass is 341 g/mol. The summed E-state index contributed by atoms with van der Waals surface area (Å²) in [6.45, 7) is 9.00. The molecule has 2 rings (SSSR count). The average molecular weight is 342 g/mol. The first-order valence-electron chi connectivity index (χ1n) is 9.14. The second-order valence-electron chi connectivity index (χ2n) is 6.59. The normalized spacial score (nSPS) is 12.9. The zero-order valence-corrected chi connectivity index (χ0v) is 15.9. The highest BCUT2D eigenvalue weighted by Gasteiger charge is 2.06. The van der Waals surface area contributed by atoms with Gasteiger partial charge in [0, 0.05) is 38.8 Å². The first-order chi connectivity index (χ1) is 12.1. The lowest BCUT2D eigenvalue weighted by atomic mass is 10.00. The number of nitrogens with zero attached hydrogens (tertiary/aromatic N) is 3. The van der Waals surface area contributed by atoms with Gasteiger partial charge in [-0.15, -0.1) is 0 Å². The van der Waals surface area contributed by atoms with E-state index in [9.17, 15) is 0 Å². The van der Waals surface area contributed by atoms with Crippen molar-refractivity contribution in [1.82, 2.24) is 20.4 Å². The molecular weight excluding hydrogens is 310 g/mol. The molecule has 1 unspecified atom stereocenters. The Morgan fingerprint density at radius 2 is 2.16 bits per heavy atom. The van der Waals surface area contributed by atoms with Crippen molar-refractivity contribution < 1.29 is 0 Å². The maximum absolute atomic E-state index is 4.75. The van der Waals surface area contributed by atoms with Crippen molar-refractivity contribution in [2.45, 2.75) is 39.5 Å². The van der Waals surface area contributed by atoms with Gasteiger partial charge in [0.2, 0.25) is 0 Å². The SMILES string of the molecule is CCNC(=NCC(C)c1cccc(C)c1)NCCCc1cnn(C)c1. The Morgan fingerprint density at radius 3 is 2.84 bits per heavy atom. The number of aromatic nitrogens is 2. The van der Waals surface area contributed by atoms with Crippen LogP contribution in [0.4, 0.5) is 0 Å². The van der Waals surface area contributed by atoms with Crippen LogP contribution < -0.4 is 10.6 Å². The van der Waals surface area contributed by atoms with Crippen LogP contribution in [0.15, 0.2) is 41.7 Å².